The van der Waals surface area contributed by atoms with Crippen LogP contribution in [0.15, 0.2) is 35.7 Å². The summed E-state index contributed by atoms with van der Waals surface area (Å²) in [6.07, 6.45) is 0.831. The summed E-state index contributed by atoms with van der Waals surface area (Å²) < 4.78 is 18.8. The molecule has 0 bridgehead atoms. The maximum atomic E-state index is 13.4. The van der Waals surface area contributed by atoms with Crippen molar-refractivity contribution in [1.82, 2.24) is 0 Å². The van der Waals surface area contributed by atoms with Crippen molar-refractivity contribution in [2.75, 3.05) is 6.61 Å². The lowest BCUT2D eigenvalue weighted by molar-refractivity contribution is 0.122. The number of ether oxygens (including phenoxy) is 1. The van der Waals surface area contributed by atoms with Gasteiger partial charge >= 0.3 is 0 Å². The Bertz CT molecular complexity index is 545. The van der Waals surface area contributed by atoms with Crippen molar-refractivity contribution in [2.45, 2.75) is 13.0 Å². The molecule has 2 rings (SSSR count). The van der Waals surface area contributed by atoms with Gasteiger partial charge in [0.2, 0.25) is 0 Å². The van der Waals surface area contributed by atoms with Crippen LogP contribution in [0.4, 0.5) is 4.39 Å². The molecule has 0 aliphatic rings. The lowest BCUT2D eigenvalue weighted by Crippen LogP contribution is -2.00. The molecule has 0 N–H and O–H groups in total. The average Bonchev–Trinajstić information content (AvgIpc) is 2.89. The first-order valence-electron chi connectivity index (χ1n) is 5.58. The molecule has 1 aromatic carbocycles. The number of nitriles is 1. The average molecular weight is 261 g/mol. The summed E-state index contributed by atoms with van der Waals surface area (Å²) in [7, 11) is 0. The van der Waals surface area contributed by atoms with Crippen LogP contribution in [0.5, 0.6) is 0 Å². The molecule has 92 valence electrons. The quantitative estimate of drug-likeness (QED) is 0.771. The highest BCUT2D eigenvalue weighted by molar-refractivity contribution is 7.09. The summed E-state index contributed by atoms with van der Waals surface area (Å²) in [6, 6.07) is 10.3. The topological polar surface area (TPSA) is 33.0 Å². The van der Waals surface area contributed by atoms with Gasteiger partial charge in [-0.3, -0.25) is 0 Å². The van der Waals surface area contributed by atoms with E-state index < -0.39 is 0 Å². The van der Waals surface area contributed by atoms with Gasteiger partial charge in [0.05, 0.1) is 24.8 Å². The number of hydrogen-bond donors (Lipinski definition) is 0. The van der Waals surface area contributed by atoms with Gasteiger partial charge in [-0.15, -0.1) is 11.3 Å². The number of benzene rings is 1. The molecule has 0 spiro atoms. The number of halogens is 1. The number of rotatable bonds is 5. The fourth-order valence-corrected chi connectivity index (χ4v) is 2.25. The van der Waals surface area contributed by atoms with Gasteiger partial charge in [0, 0.05) is 16.9 Å². The van der Waals surface area contributed by atoms with Crippen molar-refractivity contribution in [3.05, 3.63) is 57.5 Å². The zero-order valence-corrected chi connectivity index (χ0v) is 10.5. The van der Waals surface area contributed by atoms with Crippen molar-refractivity contribution < 1.29 is 9.13 Å². The minimum Gasteiger partial charge on any atom is -0.376 e. The van der Waals surface area contributed by atoms with Crippen molar-refractivity contribution in [3.63, 3.8) is 0 Å². The Labute approximate surface area is 109 Å². The zero-order chi connectivity index (χ0) is 12.8. The highest BCUT2D eigenvalue weighted by Crippen LogP contribution is 2.13. The van der Waals surface area contributed by atoms with Crippen LogP contribution >= 0.6 is 11.3 Å². The molecule has 0 fully saturated rings. The third-order valence-corrected chi connectivity index (χ3v) is 3.44. The second-order valence-corrected chi connectivity index (χ2v) is 4.83. The monoisotopic (exact) mass is 261 g/mol. The molecular weight excluding hydrogens is 249 g/mol. The Morgan fingerprint density at radius 3 is 2.94 bits per heavy atom. The molecule has 0 atom stereocenters. The zero-order valence-electron chi connectivity index (χ0n) is 9.73. The van der Waals surface area contributed by atoms with E-state index in [4.69, 9.17) is 10.00 Å². The van der Waals surface area contributed by atoms with Crippen LogP contribution in [0.2, 0.25) is 0 Å². The van der Waals surface area contributed by atoms with E-state index in [1.807, 2.05) is 23.6 Å². The van der Waals surface area contributed by atoms with Gasteiger partial charge < -0.3 is 4.74 Å². The van der Waals surface area contributed by atoms with Crippen LogP contribution in [0.25, 0.3) is 0 Å². The van der Waals surface area contributed by atoms with E-state index in [2.05, 4.69) is 0 Å². The summed E-state index contributed by atoms with van der Waals surface area (Å²) in [4.78, 5) is 1.25. The largest absolute Gasteiger partial charge is 0.376 e. The third-order valence-electron chi connectivity index (χ3n) is 2.51. The summed E-state index contributed by atoms with van der Waals surface area (Å²) in [5, 5.41) is 10.8. The second kappa shape index (κ2) is 6.29. The Kier molecular flexibility index (Phi) is 4.46. The fourth-order valence-electron chi connectivity index (χ4n) is 1.56. The first-order chi connectivity index (χ1) is 8.79. The van der Waals surface area contributed by atoms with Crippen LogP contribution in [0.1, 0.15) is 16.0 Å². The second-order valence-electron chi connectivity index (χ2n) is 3.80. The van der Waals surface area contributed by atoms with Crippen LogP contribution in [0.3, 0.4) is 0 Å². The summed E-state index contributed by atoms with van der Waals surface area (Å²) >= 11 is 1.68. The standard InChI is InChI=1S/C14H12FNOS/c15-14-4-3-11(9-16)8-12(14)10-17-6-5-13-2-1-7-18-13/h1-4,7-8H,5-6,10H2. The molecule has 18 heavy (non-hydrogen) atoms. The molecule has 0 saturated carbocycles. The van der Waals surface area contributed by atoms with Gasteiger partial charge in [0.1, 0.15) is 5.82 Å². The molecule has 0 aliphatic heterocycles. The molecule has 0 radical (unpaired) electrons. The Morgan fingerprint density at radius 2 is 2.22 bits per heavy atom. The predicted molar refractivity (Wildman–Crippen MR) is 68.8 cm³/mol. The maximum absolute atomic E-state index is 13.4. The maximum Gasteiger partial charge on any atom is 0.128 e. The summed E-state index contributed by atoms with van der Waals surface area (Å²) in [6.45, 7) is 0.753. The highest BCUT2D eigenvalue weighted by Gasteiger charge is 2.04. The SMILES string of the molecule is N#Cc1ccc(F)c(COCCc2cccs2)c1. The van der Waals surface area contributed by atoms with E-state index in [9.17, 15) is 4.39 Å². The summed E-state index contributed by atoms with van der Waals surface area (Å²) in [5.74, 6) is -0.329. The van der Waals surface area contributed by atoms with Crippen molar-refractivity contribution in [2.24, 2.45) is 0 Å². The lowest BCUT2D eigenvalue weighted by Gasteiger charge is -2.05. The van der Waals surface area contributed by atoms with E-state index in [1.54, 1.807) is 11.3 Å². The smallest absolute Gasteiger partial charge is 0.128 e. The fraction of sp³-hybridized carbons (Fsp3) is 0.214. The van der Waals surface area contributed by atoms with E-state index in [0.29, 0.717) is 17.7 Å². The predicted octanol–water partition coefficient (Wildman–Crippen LogP) is 3.52. The molecule has 4 heteroatoms. The first-order valence-corrected chi connectivity index (χ1v) is 6.46. The molecular formula is C14H12FNOS. The van der Waals surface area contributed by atoms with Crippen molar-refractivity contribution in [3.8, 4) is 6.07 Å². The van der Waals surface area contributed by atoms with Crippen molar-refractivity contribution >= 4 is 11.3 Å². The molecule has 0 aliphatic carbocycles. The number of hydrogen-bond acceptors (Lipinski definition) is 3. The van der Waals surface area contributed by atoms with E-state index >= 15 is 0 Å². The first kappa shape index (κ1) is 12.7. The molecule has 1 heterocycles. The van der Waals surface area contributed by atoms with Gasteiger partial charge in [-0.25, -0.2) is 4.39 Å². The molecule has 2 aromatic rings. The third kappa shape index (κ3) is 3.39. The minimum atomic E-state index is -0.329. The van der Waals surface area contributed by atoms with E-state index in [0.717, 1.165) is 6.42 Å². The Balaban J connectivity index is 1.85. The molecule has 0 saturated heterocycles. The normalized spacial score (nSPS) is 10.2. The molecule has 1 aromatic heterocycles. The van der Waals surface area contributed by atoms with E-state index in [-0.39, 0.29) is 12.4 Å². The Morgan fingerprint density at radius 1 is 1.33 bits per heavy atom. The lowest BCUT2D eigenvalue weighted by atomic mass is 10.1. The van der Waals surface area contributed by atoms with Gasteiger partial charge in [-0.1, -0.05) is 6.07 Å². The van der Waals surface area contributed by atoms with Crippen LogP contribution in [-0.2, 0) is 17.8 Å². The molecule has 2 nitrogen and oxygen atoms in total. The van der Waals surface area contributed by atoms with Gasteiger partial charge in [0.25, 0.3) is 0 Å². The Hall–Kier alpha value is -1.70. The molecule has 0 unspecified atom stereocenters. The molecule has 0 amide bonds. The number of nitrogens with zero attached hydrogens (tertiary/aromatic N) is 1. The van der Waals surface area contributed by atoms with Gasteiger partial charge in [-0.05, 0) is 29.6 Å². The highest BCUT2D eigenvalue weighted by atomic mass is 32.1. The number of thiophene rings is 1. The summed E-state index contributed by atoms with van der Waals surface area (Å²) in [5.41, 5.74) is 0.883. The minimum absolute atomic E-state index is 0.201. The van der Waals surface area contributed by atoms with E-state index in [1.165, 1.54) is 23.1 Å². The van der Waals surface area contributed by atoms with Gasteiger partial charge in [0.15, 0.2) is 0 Å². The van der Waals surface area contributed by atoms with Crippen molar-refractivity contribution in [1.29, 1.82) is 5.26 Å². The van der Waals surface area contributed by atoms with Crippen LogP contribution in [-0.4, -0.2) is 6.61 Å². The van der Waals surface area contributed by atoms with Crippen LogP contribution < -0.4 is 0 Å². The van der Waals surface area contributed by atoms with Crippen LogP contribution in [0, 0.1) is 17.1 Å². The van der Waals surface area contributed by atoms with Gasteiger partial charge in [-0.2, -0.15) is 5.26 Å².